The van der Waals surface area contributed by atoms with E-state index in [2.05, 4.69) is 10.6 Å². The zero-order valence-corrected chi connectivity index (χ0v) is 19.6. The van der Waals surface area contributed by atoms with E-state index < -0.39 is 31.6 Å². The van der Waals surface area contributed by atoms with Crippen molar-refractivity contribution in [3.8, 4) is 0 Å². The number of likely N-dealkylation sites (N-methyl/N-ethyl adjacent to an activating group) is 1. The van der Waals surface area contributed by atoms with Crippen LogP contribution in [0.5, 0.6) is 0 Å². The molecule has 0 aromatic heterocycles. The average Bonchev–Trinajstić information content (AvgIpc) is 3.38. The van der Waals surface area contributed by atoms with E-state index in [9.17, 15) is 14.7 Å². The van der Waals surface area contributed by atoms with Crippen LogP contribution in [-0.4, -0.2) is 57.7 Å². The van der Waals surface area contributed by atoms with Crippen molar-refractivity contribution in [3.05, 3.63) is 23.8 Å². The zero-order valence-electron chi connectivity index (χ0n) is 18.6. The van der Waals surface area contributed by atoms with Crippen molar-refractivity contribution < 1.29 is 23.5 Å². The second-order valence-electron chi connectivity index (χ2n) is 9.52. The van der Waals surface area contributed by atoms with Gasteiger partial charge in [0.25, 0.3) is 5.91 Å². The number of ether oxygens (including phenoxy) is 1. The number of aliphatic hydroxyl groups is 1. The van der Waals surface area contributed by atoms with Crippen molar-refractivity contribution in [1.29, 1.82) is 0 Å². The molecular formula is C22H32FN3O4Si. The van der Waals surface area contributed by atoms with Crippen LogP contribution in [0.1, 0.15) is 31.7 Å². The van der Waals surface area contributed by atoms with Gasteiger partial charge in [0.05, 0.1) is 17.8 Å². The molecule has 0 unspecified atom stereocenters. The minimum atomic E-state index is -3.20. The molecule has 3 heterocycles. The molecule has 31 heavy (non-hydrogen) atoms. The minimum absolute atomic E-state index is 0.0992. The summed E-state index contributed by atoms with van der Waals surface area (Å²) in [6, 6.07) is 5.17. The fourth-order valence-electron chi connectivity index (χ4n) is 5.77. The van der Waals surface area contributed by atoms with Gasteiger partial charge < -0.3 is 29.5 Å². The Hall–Kier alpha value is -1.81. The molecular weight excluding hydrogens is 417 g/mol. The average molecular weight is 450 g/mol. The molecule has 2 saturated heterocycles. The van der Waals surface area contributed by atoms with Crippen LogP contribution in [-0.2, 0) is 19.9 Å². The van der Waals surface area contributed by atoms with Gasteiger partial charge in [-0.1, -0.05) is 6.92 Å². The highest BCUT2D eigenvalue weighted by molar-refractivity contribution is 6.72. The van der Waals surface area contributed by atoms with Gasteiger partial charge in [-0.2, -0.15) is 0 Å². The Balaban J connectivity index is 1.73. The van der Waals surface area contributed by atoms with Gasteiger partial charge in [0, 0.05) is 36.4 Å². The molecule has 9 heteroatoms. The largest absolute Gasteiger partial charge is 0.396 e. The van der Waals surface area contributed by atoms with Crippen molar-refractivity contribution in [2.24, 2.45) is 5.92 Å². The summed E-state index contributed by atoms with van der Waals surface area (Å²) in [5, 5.41) is 15.7. The maximum Gasteiger partial charge on any atom is 0.264 e. The molecule has 2 fully saturated rings. The Morgan fingerprint density at radius 1 is 1.45 bits per heavy atom. The molecule has 5 atom stereocenters. The van der Waals surface area contributed by atoms with Crippen LogP contribution < -0.4 is 15.5 Å². The first kappa shape index (κ1) is 22.4. The van der Waals surface area contributed by atoms with E-state index in [-0.39, 0.29) is 30.9 Å². The second kappa shape index (κ2) is 7.95. The van der Waals surface area contributed by atoms with Gasteiger partial charge in [0.2, 0.25) is 14.3 Å². The van der Waals surface area contributed by atoms with E-state index in [0.717, 1.165) is 19.4 Å². The molecule has 3 aliphatic heterocycles. The normalized spacial score (nSPS) is 32.7. The second-order valence-corrected chi connectivity index (χ2v) is 13.3. The van der Waals surface area contributed by atoms with E-state index in [1.54, 1.807) is 37.2 Å². The number of rotatable bonds is 5. The quantitative estimate of drug-likeness (QED) is 0.475. The van der Waals surface area contributed by atoms with E-state index >= 15 is 4.11 Å². The molecule has 0 radical (unpaired) electrons. The lowest BCUT2D eigenvalue weighted by Gasteiger charge is -2.31. The fourth-order valence-corrected chi connectivity index (χ4v) is 8.31. The maximum atomic E-state index is 15.4. The predicted octanol–water partition coefficient (Wildman–Crippen LogP) is 2.51. The number of nitrogens with zero attached hydrogens (tertiary/aromatic N) is 1. The summed E-state index contributed by atoms with van der Waals surface area (Å²) in [4.78, 5) is 27.6. The standard InChI is InChI=1S/C22H32FN3O4Si/c1-13-19(31(3,4)23)18(9-11-27)30-22(13)15-12-14(7-8-17(15)26(2)21(22)29)25-20(28)16-6-5-10-24-16/h7-8,12-13,16,18-19,24,27H,5-6,9-11H2,1-4H3,(H,25,28)/t13-,16+,18+,19-,22+/m0/s1. The summed E-state index contributed by atoms with van der Waals surface area (Å²) in [7, 11) is -1.50. The number of carbonyl (C=O) groups excluding carboxylic acids is 2. The highest BCUT2D eigenvalue weighted by Gasteiger charge is 2.66. The first-order chi connectivity index (χ1) is 14.6. The van der Waals surface area contributed by atoms with Crippen LogP contribution in [0.2, 0.25) is 18.6 Å². The van der Waals surface area contributed by atoms with Gasteiger partial charge in [-0.25, -0.2) is 0 Å². The third-order valence-corrected chi connectivity index (χ3v) is 9.61. The van der Waals surface area contributed by atoms with Gasteiger partial charge >= 0.3 is 0 Å². The monoisotopic (exact) mass is 449 g/mol. The van der Waals surface area contributed by atoms with Crippen LogP contribution in [0.3, 0.4) is 0 Å². The molecule has 0 bridgehead atoms. The minimum Gasteiger partial charge on any atom is -0.396 e. The van der Waals surface area contributed by atoms with Crippen LogP contribution in [0.25, 0.3) is 0 Å². The number of halogens is 1. The third-order valence-electron chi connectivity index (χ3n) is 7.15. The predicted molar refractivity (Wildman–Crippen MR) is 119 cm³/mol. The Morgan fingerprint density at radius 2 is 2.19 bits per heavy atom. The summed E-state index contributed by atoms with van der Waals surface area (Å²) in [5.74, 6) is -0.716. The van der Waals surface area contributed by atoms with Crippen molar-refractivity contribution in [2.75, 3.05) is 30.4 Å². The number of anilines is 2. The van der Waals surface area contributed by atoms with Crippen molar-refractivity contribution >= 4 is 31.6 Å². The number of carbonyl (C=O) groups is 2. The molecule has 1 spiro atoms. The van der Waals surface area contributed by atoms with E-state index in [1.807, 2.05) is 13.0 Å². The summed E-state index contributed by atoms with van der Waals surface area (Å²) in [5.41, 5.74) is 0.222. The van der Waals surface area contributed by atoms with Gasteiger partial charge in [0.15, 0.2) is 5.60 Å². The van der Waals surface area contributed by atoms with Crippen LogP contribution in [0.4, 0.5) is 15.5 Å². The van der Waals surface area contributed by atoms with Crippen molar-refractivity contribution in [1.82, 2.24) is 5.32 Å². The summed E-state index contributed by atoms with van der Waals surface area (Å²) >= 11 is 0. The lowest BCUT2D eigenvalue weighted by atomic mass is 9.82. The van der Waals surface area contributed by atoms with Crippen molar-refractivity contribution in [2.45, 2.75) is 62.6 Å². The van der Waals surface area contributed by atoms with Crippen LogP contribution in [0, 0.1) is 5.92 Å². The molecule has 7 nitrogen and oxygen atoms in total. The number of nitrogens with one attached hydrogen (secondary N) is 2. The summed E-state index contributed by atoms with van der Waals surface area (Å²) < 4.78 is 21.8. The van der Waals surface area contributed by atoms with Crippen molar-refractivity contribution in [3.63, 3.8) is 0 Å². The van der Waals surface area contributed by atoms with Gasteiger partial charge in [-0.3, -0.25) is 9.59 Å². The number of hydrogen-bond donors (Lipinski definition) is 3. The Labute approximate surface area is 183 Å². The van der Waals surface area contributed by atoms with Gasteiger partial charge in [0.1, 0.15) is 0 Å². The molecule has 1 aromatic rings. The first-order valence-corrected chi connectivity index (χ1v) is 14.0. The molecule has 2 amide bonds. The number of benzene rings is 1. The fraction of sp³-hybridized carbons (Fsp3) is 0.636. The summed E-state index contributed by atoms with van der Waals surface area (Å²) in [6.07, 6.45) is 1.51. The molecule has 170 valence electrons. The number of aliphatic hydroxyl groups excluding tert-OH is 1. The number of fused-ring (bicyclic) bond motifs is 2. The highest BCUT2D eigenvalue weighted by atomic mass is 28.4. The topological polar surface area (TPSA) is 90.9 Å². The van der Waals surface area contributed by atoms with E-state index in [4.69, 9.17) is 4.74 Å². The van der Waals surface area contributed by atoms with E-state index in [0.29, 0.717) is 16.9 Å². The first-order valence-electron chi connectivity index (χ1n) is 11.1. The molecule has 3 aliphatic rings. The Morgan fingerprint density at radius 3 is 2.81 bits per heavy atom. The molecule has 0 aliphatic carbocycles. The molecule has 1 aromatic carbocycles. The highest BCUT2D eigenvalue weighted by Crippen LogP contribution is 2.60. The van der Waals surface area contributed by atoms with Gasteiger partial charge in [-0.15, -0.1) is 0 Å². The number of amides is 2. The lowest BCUT2D eigenvalue weighted by Crippen LogP contribution is -2.44. The van der Waals surface area contributed by atoms with E-state index in [1.165, 1.54) is 0 Å². The van der Waals surface area contributed by atoms with Crippen LogP contribution in [0.15, 0.2) is 18.2 Å². The zero-order chi connectivity index (χ0) is 22.6. The molecule has 4 rings (SSSR count). The molecule has 0 saturated carbocycles. The smallest absolute Gasteiger partial charge is 0.264 e. The molecule has 3 N–H and O–H groups in total. The number of hydrogen-bond acceptors (Lipinski definition) is 5. The Kier molecular flexibility index (Phi) is 5.74. The SMILES string of the molecule is C[C@H]1[C@H]([Si](C)(C)F)[C@@H](CCO)O[C@]12C(=O)N(C)c1ccc(NC(=O)[C@H]3CCCN3)cc12. The lowest BCUT2D eigenvalue weighted by molar-refractivity contribution is -0.146. The van der Waals surface area contributed by atoms with Crippen LogP contribution >= 0.6 is 0 Å². The summed E-state index contributed by atoms with van der Waals surface area (Å²) in [6.45, 7) is 5.85. The third kappa shape index (κ3) is 3.51. The van der Waals surface area contributed by atoms with Gasteiger partial charge in [-0.05, 0) is 57.1 Å². The maximum absolute atomic E-state index is 15.4. The Bertz CT molecular complexity index is 886.